The zero-order valence-electron chi connectivity index (χ0n) is 9.94. The molecule has 0 atom stereocenters. The van der Waals surface area contributed by atoms with Crippen molar-refractivity contribution >= 4 is 22.8 Å². The van der Waals surface area contributed by atoms with Crippen LogP contribution >= 0.6 is 11.6 Å². The molecule has 0 aliphatic heterocycles. The lowest BCUT2D eigenvalue weighted by Crippen LogP contribution is -1.82. The Kier molecular flexibility index (Phi) is 2.76. The first-order valence-corrected chi connectivity index (χ1v) is 6.28. The predicted molar refractivity (Wildman–Crippen MR) is 73.6 cm³/mol. The van der Waals surface area contributed by atoms with Crippen molar-refractivity contribution in [3.8, 4) is 11.4 Å². The number of H-pyrrole nitrogens is 1. The summed E-state index contributed by atoms with van der Waals surface area (Å²) in [6.45, 7) is 1.96. The topological polar surface area (TPSA) is 41.6 Å². The van der Waals surface area contributed by atoms with Crippen LogP contribution in [0.4, 0.5) is 0 Å². The lowest BCUT2D eigenvalue weighted by atomic mass is 10.1. The van der Waals surface area contributed by atoms with Crippen molar-refractivity contribution < 1.29 is 0 Å². The molecule has 0 amide bonds. The summed E-state index contributed by atoms with van der Waals surface area (Å²) in [5.74, 6) is 1.37. The smallest absolute Gasteiger partial charge is 0.178 e. The Balaban J connectivity index is 2.07. The van der Waals surface area contributed by atoms with Gasteiger partial charge in [-0.15, -0.1) is 11.6 Å². The largest absolute Gasteiger partial charge is 0.337 e. The van der Waals surface area contributed by atoms with E-state index in [2.05, 4.69) is 15.0 Å². The molecule has 0 aliphatic rings. The highest BCUT2D eigenvalue weighted by atomic mass is 35.5. The first kappa shape index (κ1) is 11.2. The summed E-state index contributed by atoms with van der Waals surface area (Å²) >= 11 is 5.77. The van der Waals surface area contributed by atoms with Gasteiger partial charge in [0.15, 0.2) is 5.65 Å². The second-order valence-electron chi connectivity index (χ2n) is 4.24. The third-order valence-corrected chi connectivity index (χ3v) is 3.18. The van der Waals surface area contributed by atoms with Gasteiger partial charge in [-0.25, -0.2) is 9.97 Å². The molecule has 1 N–H and O–H groups in total. The van der Waals surface area contributed by atoms with Gasteiger partial charge in [0.05, 0.1) is 5.52 Å². The van der Waals surface area contributed by atoms with E-state index in [-0.39, 0.29) is 0 Å². The molecule has 2 heterocycles. The van der Waals surface area contributed by atoms with E-state index in [1.807, 2.05) is 43.3 Å². The molecule has 18 heavy (non-hydrogen) atoms. The zero-order valence-corrected chi connectivity index (χ0v) is 10.7. The molecule has 0 unspecified atom stereocenters. The molecule has 4 heteroatoms. The average molecular weight is 258 g/mol. The van der Waals surface area contributed by atoms with Crippen LogP contribution in [0.3, 0.4) is 0 Å². The Morgan fingerprint density at radius 2 is 1.83 bits per heavy atom. The van der Waals surface area contributed by atoms with Gasteiger partial charge >= 0.3 is 0 Å². The summed E-state index contributed by atoms with van der Waals surface area (Å²) < 4.78 is 0. The molecule has 0 saturated carbocycles. The van der Waals surface area contributed by atoms with E-state index in [0.29, 0.717) is 5.88 Å². The minimum Gasteiger partial charge on any atom is -0.337 e. The average Bonchev–Trinajstić information content (AvgIpc) is 2.81. The maximum absolute atomic E-state index is 5.77. The monoisotopic (exact) mass is 257 g/mol. The van der Waals surface area contributed by atoms with Crippen LogP contribution in [0.15, 0.2) is 36.4 Å². The fourth-order valence-electron chi connectivity index (χ4n) is 1.88. The van der Waals surface area contributed by atoms with Crippen molar-refractivity contribution in [2.75, 3.05) is 0 Å². The fourth-order valence-corrected chi connectivity index (χ4v) is 2.05. The first-order valence-electron chi connectivity index (χ1n) is 5.75. The van der Waals surface area contributed by atoms with Gasteiger partial charge in [0, 0.05) is 17.1 Å². The van der Waals surface area contributed by atoms with E-state index in [0.717, 1.165) is 33.8 Å². The van der Waals surface area contributed by atoms with E-state index in [1.165, 1.54) is 0 Å². The normalized spacial score (nSPS) is 11.0. The van der Waals surface area contributed by atoms with Crippen molar-refractivity contribution in [2.45, 2.75) is 12.8 Å². The second-order valence-corrected chi connectivity index (χ2v) is 4.51. The molecule has 0 spiro atoms. The lowest BCUT2D eigenvalue weighted by molar-refractivity contribution is 1.22. The number of halogens is 1. The number of aryl methyl sites for hydroxylation is 1. The zero-order chi connectivity index (χ0) is 12.5. The molecule has 0 saturated heterocycles. The van der Waals surface area contributed by atoms with Crippen LogP contribution in [0.25, 0.3) is 22.6 Å². The number of nitrogens with one attached hydrogen (secondary N) is 1. The van der Waals surface area contributed by atoms with Gasteiger partial charge in [-0.2, -0.15) is 0 Å². The molecular formula is C14H12ClN3. The van der Waals surface area contributed by atoms with Crippen LogP contribution < -0.4 is 0 Å². The maximum atomic E-state index is 5.77. The van der Waals surface area contributed by atoms with Crippen molar-refractivity contribution in [2.24, 2.45) is 0 Å². The Morgan fingerprint density at radius 3 is 2.56 bits per heavy atom. The Hall–Kier alpha value is -1.87. The summed E-state index contributed by atoms with van der Waals surface area (Å²) in [5.41, 5.74) is 4.83. The number of imidazole rings is 1. The van der Waals surface area contributed by atoms with Crippen LogP contribution in [0.1, 0.15) is 11.3 Å². The number of hydrogen-bond acceptors (Lipinski definition) is 2. The molecule has 0 radical (unpaired) electrons. The van der Waals surface area contributed by atoms with Crippen molar-refractivity contribution in [1.82, 2.24) is 15.0 Å². The van der Waals surface area contributed by atoms with Gasteiger partial charge in [-0.3, -0.25) is 0 Å². The number of benzene rings is 1. The van der Waals surface area contributed by atoms with E-state index < -0.39 is 0 Å². The SMILES string of the molecule is Cc1ccc2[nH]c(-c3ccc(CCl)cc3)nc2n1. The molecule has 0 bridgehead atoms. The minimum absolute atomic E-state index is 0.529. The van der Waals surface area contributed by atoms with Gasteiger partial charge in [0.25, 0.3) is 0 Å². The first-order chi connectivity index (χ1) is 8.76. The van der Waals surface area contributed by atoms with Crippen molar-refractivity contribution in [1.29, 1.82) is 0 Å². The fraction of sp³-hybridized carbons (Fsp3) is 0.143. The molecule has 3 nitrogen and oxygen atoms in total. The predicted octanol–water partition coefficient (Wildman–Crippen LogP) is 3.67. The van der Waals surface area contributed by atoms with E-state index in [4.69, 9.17) is 11.6 Å². The molecule has 2 aromatic heterocycles. The maximum Gasteiger partial charge on any atom is 0.178 e. The molecule has 0 fully saturated rings. The quantitative estimate of drug-likeness (QED) is 0.712. The van der Waals surface area contributed by atoms with E-state index >= 15 is 0 Å². The van der Waals surface area contributed by atoms with Crippen LogP contribution in [0.5, 0.6) is 0 Å². The number of alkyl halides is 1. The van der Waals surface area contributed by atoms with Crippen molar-refractivity contribution in [3.63, 3.8) is 0 Å². The van der Waals surface area contributed by atoms with E-state index in [1.54, 1.807) is 0 Å². The van der Waals surface area contributed by atoms with Crippen molar-refractivity contribution in [3.05, 3.63) is 47.7 Å². The van der Waals surface area contributed by atoms with Gasteiger partial charge < -0.3 is 4.98 Å². The highest BCUT2D eigenvalue weighted by Crippen LogP contribution is 2.20. The van der Waals surface area contributed by atoms with Crippen LogP contribution in [-0.2, 0) is 5.88 Å². The number of nitrogens with zero attached hydrogens (tertiary/aromatic N) is 2. The van der Waals surface area contributed by atoms with Gasteiger partial charge in [0.1, 0.15) is 5.82 Å². The molecule has 1 aromatic carbocycles. The lowest BCUT2D eigenvalue weighted by Gasteiger charge is -1.98. The van der Waals surface area contributed by atoms with Crippen LogP contribution in [0, 0.1) is 6.92 Å². The Labute approximate surface area is 110 Å². The summed E-state index contributed by atoms with van der Waals surface area (Å²) in [6.07, 6.45) is 0. The Morgan fingerprint density at radius 1 is 1.06 bits per heavy atom. The molecule has 3 rings (SSSR count). The highest BCUT2D eigenvalue weighted by molar-refractivity contribution is 6.17. The second kappa shape index (κ2) is 4.42. The number of pyridine rings is 1. The summed E-state index contributed by atoms with van der Waals surface area (Å²) in [6, 6.07) is 12.0. The summed E-state index contributed by atoms with van der Waals surface area (Å²) in [7, 11) is 0. The van der Waals surface area contributed by atoms with Gasteiger partial charge in [-0.1, -0.05) is 24.3 Å². The molecular weight excluding hydrogens is 246 g/mol. The number of aromatic nitrogens is 3. The number of fused-ring (bicyclic) bond motifs is 1. The summed E-state index contributed by atoms with van der Waals surface area (Å²) in [5, 5.41) is 0. The van der Waals surface area contributed by atoms with Crippen LogP contribution in [-0.4, -0.2) is 15.0 Å². The standard InChI is InChI=1S/C14H12ClN3/c1-9-2-7-12-14(16-9)18-13(17-12)11-5-3-10(8-15)4-6-11/h2-7H,8H2,1H3,(H,16,17,18). The number of hydrogen-bond donors (Lipinski definition) is 1. The Bertz CT molecular complexity index is 686. The third kappa shape index (κ3) is 1.97. The number of aromatic amines is 1. The molecule has 3 aromatic rings. The highest BCUT2D eigenvalue weighted by Gasteiger charge is 2.06. The van der Waals surface area contributed by atoms with E-state index in [9.17, 15) is 0 Å². The van der Waals surface area contributed by atoms with Crippen LogP contribution in [0.2, 0.25) is 0 Å². The summed E-state index contributed by atoms with van der Waals surface area (Å²) in [4.78, 5) is 12.2. The van der Waals surface area contributed by atoms with Gasteiger partial charge in [0.2, 0.25) is 0 Å². The molecule has 0 aliphatic carbocycles. The molecule has 90 valence electrons. The third-order valence-electron chi connectivity index (χ3n) is 2.87. The minimum atomic E-state index is 0.529. The van der Waals surface area contributed by atoms with Gasteiger partial charge in [-0.05, 0) is 24.6 Å². The number of rotatable bonds is 2.